The molecule has 0 amide bonds. The van der Waals surface area contributed by atoms with Crippen LogP contribution in [0.2, 0.25) is 0 Å². The van der Waals surface area contributed by atoms with Gasteiger partial charge in [0.05, 0.1) is 0 Å². The van der Waals surface area contributed by atoms with Crippen LogP contribution in [0.4, 0.5) is 5.69 Å². The van der Waals surface area contributed by atoms with Crippen LogP contribution >= 0.6 is 0 Å². The molecule has 0 radical (unpaired) electrons. The molecule has 1 aromatic carbocycles. The lowest BCUT2D eigenvalue weighted by atomic mass is 10.1. The number of benzene rings is 1. The van der Waals surface area contributed by atoms with Crippen LogP contribution in [-0.4, -0.2) is 21.6 Å². The van der Waals surface area contributed by atoms with E-state index in [1.165, 1.54) is 17.5 Å². The summed E-state index contributed by atoms with van der Waals surface area (Å²) in [5.74, 6) is 0.764. The minimum atomic E-state index is 0.764. The summed E-state index contributed by atoms with van der Waals surface area (Å²) in [4.78, 5) is 6.38. The summed E-state index contributed by atoms with van der Waals surface area (Å²) < 4.78 is 4.71. The summed E-state index contributed by atoms with van der Waals surface area (Å²) >= 11 is 0. The van der Waals surface area contributed by atoms with E-state index < -0.39 is 0 Å². The Labute approximate surface area is 99.2 Å². The number of fused-ring (bicyclic) bond motifs is 1. The van der Waals surface area contributed by atoms with Crippen molar-refractivity contribution in [2.24, 2.45) is 0 Å². The molecule has 0 bridgehead atoms. The van der Waals surface area contributed by atoms with Crippen LogP contribution in [0.3, 0.4) is 0 Å². The van der Waals surface area contributed by atoms with E-state index in [-0.39, 0.29) is 0 Å². The number of rotatable bonds is 3. The molecule has 0 saturated carbocycles. The first-order valence-corrected chi connectivity index (χ1v) is 5.66. The molecule has 0 unspecified atom stereocenters. The molecule has 17 heavy (non-hydrogen) atoms. The molecule has 2 aromatic rings. The smallest absolute Gasteiger partial charge is 0.213 e. The fourth-order valence-electron chi connectivity index (χ4n) is 2.20. The van der Waals surface area contributed by atoms with Gasteiger partial charge in [-0.15, -0.1) is 0 Å². The van der Waals surface area contributed by atoms with Gasteiger partial charge in [0.2, 0.25) is 6.39 Å². The van der Waals surface area contributed by atoms with Crippen LogP contribution in [0.5, 0.6) is 0 Å². The van der Waals surface area contributed by atoms with E-state index in [9.17, 15) is 0 Å². The van der Waals surface area contributed by atoms with Crippen LogP contribution in [0.25, 0.3) is 0 Å². The van der Waals surface area contributed by atoms with Gasteiger partial charge in [0, 0.05) is 31.7 Å². The maximum Gasteiger partial charge on any atom is 0.213 e. The van der Waals surface area contributed by atoms with Gasteiger partial charge in [0.1, 0.15) is 0 Å². The lowest BCUT2D eigenvalue weighted by Gasteiger charge is -2.12. The molecule has 5 heteroatoms. The Morgan fingerprint density at radius 2 is 2.18 bits per heavy atom. The van der Waals surface area contributed by atoms with Gasteiger partial charge in [-0.3, -0.25) is 4.90 Å². The fourth-order valence-corrected chi connectivity index (χ4v) is 2.20. The molecule has 0 atom stereocenters. The molecule has 0 saturated heterocycles. The van der Waals surface area contributed by atoms with Gasteiger partial charge < -0.3 is 10.3 Å². The Balaban J connectivity index is 1.62. The van der Waals surface area contributed by atoms with E-state index >= 15 is 0 Å². The fraction of sp³-hybridized carbons (Fsp3) is 0.333. The molecule has 1 aliphatic rings. The number of nitrogens with zero attached hydrogens (tertiary/aromatic N) is 3. The second kappa shape index (κ2) is 4.18. The number of nitrogen functional groups attached to an aromatic ring is 1. The third-order valence-electron chi connectivity index (χ3n) is 3.08. The normalized spacial score (nSPS) is 15.1. The van der Waals surface area contributed by atoms with Crippen molar-refractivity contribution in [1.29, 1.82) is 0 Å². The topological polar surface area (TPSA) is 68.2 Å². The Hall–Kier alpha value is -1.88. The summed E-state index contributed by atoms with van der Waals surface area (Å²) in [5.41, 5.74) is 9.31. The van der Waals surface area contributed by atoms with E-state index in [0.29, 0.717) is 0 Å². The molecule has 3 rings (SSSR count). The van der Waals surface area contributed by atoms with E-state index in [2.05, 4.69) is 27.2 Å². The van der Waals surface area contributed by atoms with E-state index in [0.717, 1.165) is 37.6 Å². The second-order valence-electron chi connectivity index (χ2n) is 4.34. The molecule has 1 aliphatic heterocycles. The van der Waals surface area contributed by atoms with Gasteiger partial charge in [0.25, 0.3) is 0 Å². The molecule has 0 fully saturated rings. The molecular weight excluding hydrogens is 216 g/mol. The first-order chi connectivity index (χ1) is 8.31. The SMILES string of the molecule is Nc1ccc2c(c1)CN(CCc1ncon1)C2. The largest absolute Gasteiger partial charge is 0.399 e. The van der Waals surface area contributed by atoms with E-state index in [1.807, 2.05) is 6.07 Å². The van der Waals surface area contributed by atoms with Gasteiger partial charge in [-0.25, -0.2) is 0 Å². The lowest BCUT2D eigenvalue weighted by molar-refractivity contribution is 0.284. The van der Waals surface area contributed by atoms with Gasteiger partial charge >= 0.3 is 0 Å². The Bertz CT molecular complexity index is 509. The number of nitrogens with two attached hydrogens (primary N) is 1. The zero-order valence-electron chi connectivity index (χ0n) is 9.47. The number of aromatic nitrogens is 2. The lowest BCUT2D eigenvalue weighted by Crippen LogP contribution is -2.19. The molecule has 0 aliphatic carbocycles. The highest BCUT2D eigenvalue weighted by Crippen LogP contribution is 2.24. The molecule has 1 aromatic heterocycles. The van der Waals surface area contributed by atoms with Crippen LogP contribution in [-0.2, 0) is 19.5 Å². The Kier molecular flexibility index (Phi) is 2.53. The van der Waals surface area contributed by atoms with Gasteiger partial charge in [-0.2, -0.15) is 4.98 Å². The third-order valence-corrected chi connectivity index (χ3v) is 3.08. The van der Waals surface area contributed by atoms with Crippen molar-refractivity contribution in [3.8, 4) is 0 Å². The zero-order chi connectivity index (χ0) is 11.7. The highest BCUT2D eigenvalue weighted by atomic mass is 16.5. The summed E-state index contributed by atoms with van der Waals surface area (Å²) in [6.07, 6.45) is 2.19. The number of anilines is 1. The molecule has 2 N–H and O–H groups in total. The molecule has 88 valence electrons. The second-order valence-corrected chi connectivity index (χ2v) is 4.34. The van der Waals surface area contributed by atoms with E-state index in [1.54, 1.807) is 0 Å². The van der Waals surface area contributed by atoms with Gasteiger partial charge in [-0.05, 0) is 23.3 Å². The van der Waals surface area contributed by atoms with Crippen molar-refractivity contribution >= 4 is 5.69 Å². The van der Waals surface area contributed by atoms with Gasteiger partial charge in [-0.1, -0.05) is 11.2 Å². The summed E-state index contributed by atoms with van der Waals surface area (Å²) in [7, 11) is 0. The molecule has 2 heterocycles. The quantitative estimate of drug-likeness (QED) is 0.803. The van der Waals surface area contributed by atoms with Crippen LogP contribution in [0.1, 0.15) is 17.0 Å². The highest BCUT2D eigenvalue weighted by Gasteiger charge is 2.18. The first kappa shape index (κ1) is 10.3. The van der Waals surface area contributed by atoms with Crippen molar-refractivity contribution in [3.05, 3.63) is 41.5 Å². The third kappa shape index (κ3) is 2.14. The predicted octanol–water partition coefficient (Wildman–Crippen LogP) is 1.21. The minimum absolute atomic E-state index is 0.764. The average Bonchev–Trinajstić information content (AvgIpc) is 2.94. The van der Waals surface area contributed by atoms with Crippen molar-refractivity contribution in [2.45, 2.75) is 19.5 Å². The van der Waals surface area contributed by atoms with Gasteiger partial charge in [0.15, 0.2) is 5.82 Å². The van der Waals surface area contributed by atoms with Crippen LogP contribution in [0, 0.1) is 0 Å². The predicted molar refractivity (Wildman–Crippen MR) is 63.0 cm³/mol. The first-order valence-electron chi connectivity index (χ1n) is 5.66. The maximum absolute atomic E-state index is 5.78. The summed E-state index contributed by atoms with van der Waals surface area (Å²) in [6, 6.07) is 6.13. The Morgan fingerprint density at radius 1 is 1.29 bits per heavy atom. The maximum atomic E-state index is 5.78. The highest BCUT2D eigenvalue weighted by molar-refractivity contribution is 5.46. The van der Waals surface area contributed by atoms with E-state index in [4.69, 9.17) is 10.3 Å². The number of hydrogen-bond acceptors (Lipinski definition) is 5. The standard InChI is InChI=1S/C12H14N4O/c13-11-2-1-9-6-16(7-10(9)5-11)4-3-12-14-8-17-15-12/h1-2,5,8H,3-4,6-7,13H2. The van der Waals surface area contributed by atoms with Crippen molar-refractivity contribution in [3.63, 3.8) is 0 Å². The Morgan fingerprint density at radius 3 is 3.00 bits per heavy atom. The number of hydrogen-bond donors (Lipinski definition) is 1. The molecule has 5 nitrogen and oxygen atoms in total. The monoisotopic (exact) mass is 230 g/mol. The van der Waals surface area contributed by atoms with Crippen molar-refractivity contribution in [1.82, 2.24) is 15.0 Å². The zero-order valence-corrected chi connectivity index (χ0v) is 9.47. The minimum Gasteiger partial charge on any atom is -0.399 e. The van der Waals surface area contributed by atoms with Crippen molar-refractivity contribution < 1.29 is 4.52 Å². The van der Waals surface area contributed by atoms with Crippen molar-refractivity contribution in [2.75, 3.05) is 12.3 Å². The van der Waals surface area contributed by atoms with Crippen LogP contribution in [0.15, 0.2) is 29.1 Å². The summed E-state index contributed by atoms with van der Waals surface area (Å²) in [6.45, 7) is 2.87. The summed E-state index contributed by atoms with van der Waals surface area (Å²) in [5, 5.41) is 3.81. The molecular formula is C12H14N4O. The van der Waals surface area contributed by atoms with Crippen LogP contribution < -0.4 is 5.73 Å². The molecule has 0 spiro atoms. The average molecular weight is 230 g/mol.